The predicted molar refractivity (Wildman–Crippen MR) is 99.7 cm³/mol. The van der Waals surface area contributed by atoms with Gasteiger partial charge in [-0.15, -0.1) is 0 Å². The summed E-state index contributed by atoms with van der Waals surface area (Å²) in [4.78, 5) is 41.1. The molecule has 0 saturated carbocycles. The van der Waals surface area contributed by atoms with Crippen molar-refractivity contribution in [1.82, 2.24) is 9.88 Å². The van der Waals surface area contributed by atoms with E-state index >= 15 is 0 Å². The number of carboxylic acid groups (broad SMARTS) is 1. The second-order valence-corrected chi connectivity index (χ2v) is 6.47. The number of anilines is 1. The molecule has 2 amide bonds. The van der Waals surface area contributed by atoms with Crippen LogP contribution in [-0.4, -0.2) is 45.9 Å². The van der Waals surface area contributed by atoms with Crippen LogP contribution in [0.1, 0.15) is 45.7 Å². The highest BCUT2D eigenvalue weighted by atomic mass is 16.4. The quantitative estimate of drug-likeness (QED) is 0.817. The highest BCUT2D eigenvalue weighted by Gasteiger charge is 2.17. The van der Waals surface area contributed by atoms with E-state index in [1.54, 1.807) is 12.1 Å². The number of aromatic nitrogens is 1. The maximum absolute atomic E-state index is 12.2. The molecule has 27 heavy (non-hydrogen) atoms. The molecular weight excluding hydrogens is 346 g/mol. The highest BCUT2D eigenvalue weighted by molar-refractivity contribution is 6.04. The summed E-state index contributed by atoms with van der Waals surface area (Å²) in [5, 5.41) is 11.7. The van der Waals surface area contributed by atoms with Gasteiger partial charge in [0.2, 0.25) is 5.91 Å². The molecule has 1 aromatic carbocycles. The Morgan fingerprint density at radius 1 is 1.07 bits per heavy atom. The lowest BCUT2D eigenvalue weighted by molar-refractivity contribution is -0.130. The molecule has 7 heteroatoms. The number of rotatable bonds is 6. The molecule has 1 aromatic heterocycles. The summed E-state index contributed by atoms with van der Waals surface area (Å²) in [6, 6.07) is 9.82. The van der Waals surface area contributed by atoms with E-state index in [0.717, 1.165) is 31.5 Å². The Kier molecular flexibility index (Phi) is 5.80. The first kappa shape index (κ1) is 18.6. The zero-order chi connectivity index (χ0) is 19.2. The van der Waals surface area contributed by atoms with Crippen LogP contribution in [0.25, 0.3) is 0 Å². The molecule has 0 radical (unpaired) electrons. The van der Waals surface area contributed by atoms with E-state index < -0.39 is 11.9 Å². The minimum Gasteiger partial charge on any atom is -0.478 e. The van der Waals surface area contributed by atoms with Crippen molar-refractivity contribution in [3.63, 3.8) is 0 Å². The standard InChI is InChI=1S/C20H21N3O4/c24-18(23-11-1-2-12-23)8-5-14-3-6-16(7-4-14)22-19(25)17-13-15(20(26)27)9-10-21-17/h3-4,6-7,9-10,13H,1-2,5,8,11-12H2,(H,22,25)(H,26,27). The topological polar surface area (TPSA) is 99.6 Å². The first-order valence-corrected chi connectivity index (χ1v) is 8.90. The van der Waals surface area contributed by atoms with E-state index in [4.69, 9.17) is 5.11 Å². The van der Waals surface area contributed by atoms with Crippen LogP contribution in [-0.2, 0) is 11.2 Å². The third-order valence-electron chi connectivity index (χ3n) is 4.54. The summed E-state index contributed by atoms with van der Waals surface area (Å²) in [5.74, 6) is -1.40. The van der Waals surface area contributed by atoms with Gasteiger partial charge in [-0.3, -0.25) is 14.6 Å². The Morgan fingerprint density at radius 2 is 1.78 bits per heavy atom. The van der Waals surface area contributed by atoms with Crippen LogP contribution in [0.5, 0.6) is 0 Å². The molecule has 2 N–H and O–H groups in total. The largest absolute Gasteiger partial charge is 0.478 e. The third-order valence-corrected chi connectivity index (χ3v) is 4.54. The number of amides is 2. The molecule has 0 atom stereocenters. The van der Waals surface area contributed by atoms with Gasteiger partial charge in [-0.2, -0.15) is 0 Å². The van der Waals surface area contributed by atoms with E-state index in [2.05, 4.69) is 10.3 Å². The second-order valence-electron chi connectivity index (χ2n) is 6.47. The smallest absolute Gasteiger partial charge is 0.335 e. The van der Waals surface area contributed by atoms with Crippen molar-refractivity contribution in [2.75, 3.05) is 18.4 Å². The average molecular weight is 367 g/mol. The van der Waals surface area contributed by atoms with E-state index in [1.807, 2.05) is 17.0 Å². The van der Waals surface area contributed by atoms with Crippen molar-refractivity contribution in [1.29, 1.82) is 0 Å². The van der Waals surface area contributed by atoms with E-state index in [-0.39, 0.29) is 17.2 Å². The number of carboxylic acids is 1. The van der Waals surface area contributed by atoms with Crippen LogP contribution in [0.15, 0.2) is 42.6 Å². The minimum absolute atomic E-state index is 0.00756. The maximum atomic E-state index is 12.2. The molecule has 2 aromatic rings. The minimum atomic E-state index is -1.11. The maximum Gasteiger partial charge on any atom is 0.335 e. The van der Waals surface area contributed by atoms with Crippen LogP contribution in [0.2, 0.25) is 0 Å². The van der Waals surface area contributed by atoms with Crippen molar-refractivity contribution in [2.24, 2.45) is 0 Å². The molecular formula is C20H21N3O4. The van der Waals surface area contributed by atoms with Crippen LogP contribution in [0, 0.1) is 0 Å². The number of pyridine rings is 1. The fourth-order valence-electron chi connectivity index (χ4n) is 3.01. The van der Waals surface area contributed by atoms with Gasteiger partial charge in [0.1, 0.15) is 5.69 Å². The average Bonchev–Trinajstić information content (AvgIpc) is 3.22. The van der Waals surface area contributed by atoms with Gasteiger partial charge in [-0.25, -0.2) is 4.79 Å². The van der Waals surface area contributed by atoms with Gasteiger partial charge < -0.3 is 15.3 Å². The predicted octanol–water partition coefficient (Wildman–Crippen LogP) is 2.59. The number of hydrogen-bond donors (Lipinski definition) is 2. The number of likely N-dealkylation sites (tertiary alicyclic amines) is 1. The summed E-state index contributed by atoms with van der Waals surface area (Å²) in [7, 11) is 0. The molecule has 0 aliphatic carbocycles. The molecule has 2 heterocycles. The van der Waals surface area contributed by atoms with Crippen molar-refractivity contribution in [3.05, 3.63) is 59.4 Å². The van der Waals surface area contributed by atoms with Crippen molar-refractivity contribution in [2.45, 2.75) is 25.7 Å². The Balaban J connectivity index is 1.55. The number of carbonyl (C=O) groups is 3. The normalized spacial score (nSPS) is 13.4. The first-order chi connectivity index (χ1) is 13.0. The molecule has 1 aliphatic rings. The van der Waals surface area contributed by atoms with Gasteiger partial charge in [0.25, 0.3) is 5.91 Å². The number of carbonyl (C=O) groups excluding carboxylic acids is 2. The van der Waals surface area contributed by atoms with Gasteiger partial charge in [0.05, 0.1) is 5.56 Å². The third kappa shape index (κ3) is 4.91. The van der Waals surface area contributed by atoms with Gasteiger partial charge in [-0.05, 0) is 49.1 Å². The van der Waals surface area contributed by atoms with Gasteiger partial charge in [0.15, 0.2) is 0 Å². The van der Waals surface area contributed by atoms with Crippen LogP contribution in [0.4, 0.5) is 5.69 Å². The zero-order valence-electron chi connectivity index (χ0n) is 14.9. The molecule has 1 aliphatic heterocycles. The molecule has 3 rings (SSSR count). The summed E-state index contributed by atoms with van der Waals surface area (Å²) >= 11 is 0. The number of aryl methyl sites for hydroxylation is 1. The number of nitrogens with zero attached hydrogens (tertiary/aromatic N) is 2. The molecule has 0 spiro atoms. The van der Waals surface area contributed by atoms with Crippen LogP contribution >= 0.6 is 0 Å². The Labute approximate surface area is 157 Å². The summed E-state index contributed by atoms with van der Waals surface area (Å²) in [6.07, 6.45) is 4.61. The summed E-state index contributed by atoms with van der Waals surface area (Å²) in [5.41, 5.74) is 1.65. The molecule has 140 valence electrons. The Bertz CT molecular complexity index is 843. The summed E-state index contributed by atoms with van der Waals surface area (Å²) < 4.78 is 0. The van der Waals surface area contributed by atoms with E-state index in [0.29, 0.717) is 18.5 Å². The van der Waals surface area contributed by atoms with Gasteiger partial charge in [-0.1, -0.05) is 12.1 Å². The molecule has 0 unspecified atom stereocenters. The highest BCUT2D eigenvalue weighted by Crippen LogP contribution is 2.15. The zero-order valence-corrected chi connectivity index (χ0v) is 14.9. The second kappa shape index (κ2) is 8.44. The number of benzene rings is 1. The SMILES string of the molecule is O=C(O)c1ccnc(C(=O)Nc2ccc(CCC(=O)N3CCCC3)cc2)c1. The van der Waals surface area contributed by atoms with Crippen molar-refractivity contribution < 1.29 is 19.5 Å². The first-order valence-electron chi connectivity index (χ1n) is 8.90. The number of hydrogen-bond acceptors (Lipinski definition) is 4. The van der Waals surface area contributed by atoms with Gasteiger partial charge >= 0.3 is 5.97 Å². The molecule has 7 nitrogen and oxygen atoms in total. The van der Waals surface area contributed by atoms with Crippen molar-refractivity contribution >= 4 is 23.5 Å². The summed E-state index contributed by atoms with van der Waals surface area (Å²) in [6.45, 7) is 1.72. The van der Waals surface area contributed by atoms with Crippen LogP contribution in [0.3, 0.4) is 0 Å². The lowest BCUT2D eigenvalue weighted by atomic mass is 10.1. The number of nitrogens with one attached hydrogen (secondary N) is 1. The Morgan fingerprint density at radius 3 is 2.44 bits per heavy atom. The van der Waals surface area contributed by atoms with E-state index in [1.165, 1.54) is 18.3 Å². The monoisotopic (exact) mass is 367 g/mol. The molecule has 0 bridgehead atoms. The van der Waals surface area contributed by atoms with Crippen LogP contribution < -0.4 is 5.32 Å². The van der Waals surface area contributed by atoms with E-state index in [9.17, 15) is 14.4 Å². The molecule has 1 fully saturated rings. The number of aromatic carboxylic acids is 1. The molecule has 1 saturated heterocycles. The fourth-order valence-corrected chi connectivity index (χ4v) is 3.01. The van der Waals surface area contributed by atoms with Gasteiger partial charge in [0, 0.05) is 31.4 Å². The Hall–Kier alpha value is -3.22. The van der Waals surface area contributed by atoms with Crippen molar-refractivity contribution in [3.8, 4) is 0 Å². The lowest BCUT2D eigenvalue weighted by Gasteiger charge is -2.15. The lowest BCUT2D eigenvalue weighted by Crippen LogP contribution is -2.27. The fraction of sp³-hybridized carbons (Fsp3) is 0.300.